The first-order valence-electron chi connectivity index (χ1n) is 15.2. The fraction of sp³-hybridized carbons (Fsp3) is 0.800. The zero-order chi connectivity index (χ0) is 27.5. The molecule has 0 aromatic heterocycles. The van der Waals surface area contributed by atoms with Crippen LogP contribution in [-0.2, 0) is 28.7 Å². The number of carbonyl (C=O) groups excluding carboxylic acids is 1. The highest BCUT2D eigenvalue weighted by Gasteiger charge is 2.60. The van der Waals surface area contributed by atoms with Crippen molar-refractivity contribution in [2.75, 3.05) is 25.5 Å². The molecule has 0 aromatic rings. The molecule has 8 nitrogen and oxygen atoms in total. The van der Waals surface area contributed by atoms with E-state index in [1.807, 2.05) is 4.90 Å². The first kappa shape index (κ1) is 29.0. The predicted octanol–water partition coefficient (Wildman–Crippen LogP) is 4.69. The van der Waals surface area contributed by atoms with Crippen LogP contribution in [-0.4, -0.2) is 74.9 Å². The summed E-state index contributed by atoms with van der Waals surface area (Å²) in [5, 5.41) is 8.74. The summed E-state index contributed by atoms with van der Waals surface area (Å²) in [4.78, 5) is 21.3. The van der Waals surface area contributed by atoms with Gasteiger partial charge in [0.05, 0.1) is 6.10 Å². The highest BCUT2D eigenvalue weighted by Crippen LogP contribution is 2.48. The Morgan fingerprint density at radius 1 is 1.13 bits per heavy atom. The van der Waals surface area contributed by atoms with Gasteiger partial charge in [0.2, 0.25) is 0 Å². The van der Waals surface area contributed by atoms with Gasteiger partial charge in [0.1, 0.15) is 11.0 Å². The summed E-state index contributed by atoms with van der Waals surface area (Å²) >= 11 is 0. The number of carbonyl (C=O) groups is 1. The Labute approximate surface area is 234 Å². The van der Waals surface area contributed by atoms with Crippen molar-refractivity contribution in [2.24, 2.45) is 10.9 Å². The minimum absolute atomic E-state index is 0.0317. The lowest BCUT2D eigenvalue weighted by Gasteiger charge is -2.44. The minimum atomic E-state index is -3.34. The molecule has 0 spiro atoms. The first-order chi connectivity index (χ1) is 18.9. The zero-order valence-electron chi connectivity index (χ0n) is 23.3. The molecule has 3 atom stereocenters. The Balaban J connectivity index is 1.41. The second kappa shape index (κ2) is 12.5. The average molecular weight is 563 g/mol. The zero-order valence-corrected chi connectivity index (χ0v) is 24.1. The summed E-state index contributed by atoms with van der Waals surface area (Å²) in [5.74, 6) is 0.585. The van der Waals surface area contributed by atoms with Crippen molar-refractivity contribution in [3.05, 3.63) is 23.9 Å². The van der Waals surface area contributed by atoms with Crippen molar-refractivity contribution < 1.29 is 28.1 Å². The lowest BCUT2D eigenvalue weighted by Crippen LogP contribution is -2.59. The molecule has 0 radical (unpaired) electrons. The second-order valence-corrected chi connectivity index (χ2v) is 14.5. The van der Waals surface area contributed by atoms with Gasteiger partial charge in [0, 0.05) is 48.0 Å². The molecule has 1 N–H and O–H groups in total. The fourth-order valence-electron chi connectivity index (χ4n) is 7.36. The molecular weight excluding hydrogens is 516 g/mol. The summed E-state index contributed by atoms with van der Waals surface area (Å²) in [6, 6.07) is 0. The van der Waals surface area contributed by atoms with Gasteiger partial charge in [-0.25, -0.2) is 4.99 Å². The van der Waals surface area contributed by atoms with E-state index in [0.717, 1.165) is 94.7 Å². The number of nitrogens with zero attached hydrogens (tertiary/aromatic N) is 2. The number of aliphatic imine (C=N–C) groups is 1. The molecule has 2 heterocycles. The van der Waals surface area contributed by atoms with Gasteiger partial charge in [-0.1, -0.05) is 12.5 Å². The maximum atomic E-state index is 14.3. The Morgan fingerprint density at radius 2 is 1.87 bits per heavy atom. The summed E-state index contributed by atoms with van der Waals surface area (Å²) in [6.45, 7) is 5.00. The Hall–Kier alpha value is -1.55. The number of amides is 1. The number of sulfone groups is 1. The molecule has 5 rings (SSSR count). The number of ether oxygens (including phenoxy) is 2. The molecule has 1 amide bonds. The molecule has 0 bridgehead atoms. The van der Waals surface area contributed by atoms with E-state index in [2.05, 4.69) is 6.58 Å². The normalized spacial score (nSPS) is 33.2. The molecule has 2 aliphatic heterocycles. The standard InChI is InChI=1S/C30H46N2O6S/c1-2-18-32-26-12-7-6-11-25(26)27-30(29(32)34,17-21-39(35,36)24-9-4-3-5-10-24)31-28(38-27)22-13-15-23(16-14-22)37-20-8-19-33/h2,22-24,27,33H,1,3-21H2/t22?,23?,27-,30-/m1/s1. The number of fused-ring (bicyclic) bond motifs is 2. The van der Waals surface area contributed by atoms with Gasteiger partial charge < -0.3 is 24.0 Å². The number of aliphatic hydroxyl groups excluding tert-OH is 1. The van der Waals surface area contributed by atoms with E-state index < -0.39 is 21.9 Å². The Morgan fingerprint density at radius 3 is 2.59 bits per heavy atom. The van der Waals surface area contributed by atoms with E-state index in [9.17, 15) is 13.6 Å². The largest absolute Gasteiger partial charge is 0.615 e. The highest BCUT2D eigenvalue weighted by molar-refractivity contribution is 7.98. The number of aliphatic hydroxyl groups is 1. The van der Waals surface area contributed by atoms with Gasteiger partial charge in [-0.05, 0) is 89.0 Å². The van der Waals surface area contributed by atoms with Gasteiger partial charge in [-0.2, -0.15) is 0 Å². The van der Waals surface area contributed by atoms with Crippen molar-refractivity contribution >= 4 is 22.0 Å². The van der Waals surface area contributed by atoms with E-state index in [0.29, 0.717) is 25.5 Å². The minimum Gasteiger partial charge on any atom is -0.615 e. The summed E-state index contributed by atoms with van der Waals surface area (Å²) < 4.78 is 39.5. The van der Waals surface area contributed by atoms with Crippen LogP contribution in [0.2, 0.25) is 0 Å². The smallest absolute Gasteiger partial charge is 0.259 e. The molecule has 0 aromatic carbocycles. The summed E-state index contributed by atoms with van der Waals surface area (Å²) in [6.07, 6.45) is 13.9. The summed E-state index contributed by atoms with van der Waals surface area (Å²) in [5.41, 5.74) is 0.960. The average Bonchev–Trinajstić information content (AvgIpc) is 3.37. The van der Waals surface area contributed by atoms with Crippen molar-refractivity contribution in [1.82, 2.24) is 4.90 Å². The number of rotatable bonds is 11. The monoisotopic (exact) mass is 562 g/mol. The second-order valence-electron chi connectivity index (χ2n) is 12.1. The molecule has 0 saturated heterocycles. The van der Waals surface area contributed by atoms with Crippen LogP contribution in [0.1, 0.15) is 96.3 Å². The van der Waals surface area contributed by atoms with Crippen LogP contribution >= 0.6 is 0 Å². The number of hydrogen-bond acceptors (Lipinski definition) is 7. The molecule has 2 saturated carbocycles. The van der Waals surface area contributed by atoms with Crippen LogP contribution in [0.5, 0.6) is 0 Å². The van der Waals surface area contributed by atoms with Crippen LogP contribution in [0.3, 0.4) is 0 Å². The topological polar surface area (TPSA) is 111 Å². The molecule has 39 heavy (non-hydrogen) atoms. The maximum Gasteiger partial charge on any atom is 0.259 e. The van der Waals surface area contributed by atoms with Crippen LogP contribution in [0.25, 0.3) is 0 Å². The van der Waals surface area contributed by atoms with E-state index in [1.54, 1.807) is 6.08 Å². The predicted molar refractivity (Wildman–Crippen MR) is 151 cm³/mol. The number of hydrogen-bond donors (Lipinski definition) is 1. The molecule has 9 heteroatoms. The van der Waals surface area contributed by atoms with E-state index in [-0.39, 0.29) is 42.0 Å². The maximum absolute atomic E-state index is 14.3. The molecule has 2 fully saturated rings. The van der Waals surface area contributed by atoms with Crippen LogP contribution < -0.4 is 0 Å². The van der Waals surface area contributed by atoms with Crippen LogP contribution in [0.15, 0.2) is 28.9 Å². The quantitative estimate of drug-likeness (QED) is 0.222. The van der Waals surface area contributed by atoms with Gasteiger partial charge in [-0.3, -0.25) is 4.79 Å². The van der Waals surface area contributed by atoms with E-state index >= 15 is 0 Å². The lowest BCUT2D eigenvalue weighted by atomic mass is 9.76. The van der Waals surface area contributed by atoms with Crippen molar-refractivity contribution in [3.63, 3.8) is 0 Å². The molecular formula is C30H46N2O6S. The third-order valence-corrected chi connectivity index (χ3v) is 11.8. The molecule has 1 unspecified atom stereocenters. The van der Waals surface area contributed by atoms with Crippen molar-refractivity contribution in [2.45, 2.75) is 119 Å². The van der Waals surface area contributed by atoms with E-state index in [4.69, 9.17) is 19.6 Å². The van der Waals surface area contributed by atoms with Crippen LogP contribution in [0, 0.1) is 5.92 Å². The third kappa shape index (κ3) is 5.92. The highest BCUT2D eigenvalue weighted by atomic mass is 32.3. The molecule has 218 valence electrons. The Bertz CT molecular complexity index is 1010. The van der Waals surface area contributed by atoms with Crippen molar-refractivity contribution in [1.29, 1.82) is 0 Å². The SMILES string of the molecule is C=CCN1C(=O)[C@]2(CC[S+](=O)([O-])C3CCCCC3)N=C(C3CCC(OCCCO)CC3)O[C@@H]2C2=C1CCCC2. The lowest BCUT2D eigenvalue weighted by molar-refractivity contribution is -0.138. The van der Waals surface area contributed by atoms with Gasteiger partial charge in [-0.15, -0.1) is 10.8 Å². The van der Waals surface area contributed by atoms with Crippen LogP contribution in [0.4, 0.5) is 0 Å². The fourth-order valence-corrected chi connectivity index (χ4v) is 9.34. The van der Waals surface area contributed by atoms with Gasteiger partial charge in [0.25, 0.3) is 5.91 Å². The van der Waals surface area contributed by atoms with Gasteiger partial charge in [0.15, 0.2) is 17.5 Å². The molecule has 5 aliphatic rings. The third-order valence-electron chi connectivity index (χ3n) is 9.54. The number of allylic oxidation sites excluding steroid dienone is 1. The van der Waals surface area contributed by atoms with Gasteiger partial charge >= 0.3 is 0 Å². The first-order valence-corrected chi connectivity index (χ1v) is 17.0. The van der Waals surface area contributed by atoms with E-state index in [1.165, 1.54) is 0 Å². The van der Waals surface area contributed by atoms with Crippen molar-refractivity contribution in [3.8, 4) is 0 Å². The molecule has 3 aliphatic carbocycles. The summed E-state index contributed by atoms with van der Waals surface area (Å²) in [7, 11) is -3.34. The Kier molecular flexibility index (Phi) is 9.31.